The lowest BCUT2D eigenvalue weighted by Crippen LogP contribution is -2.30. The summed E-state index contributed by atoms with van der Waals surface area (Å²) in [5, 5.41) is 2.78. The van der Waals surface area contributed by atoms with Crippen LogP contribution in [0, 0.1) is 11.7 Å². The molecule has 1 atom stereocenters. The van der Waals surface area contributed by atoms with E-state index in [1.54, 1.807) is 12.1 Å². The second kappa shape index (κ2) is 7.82. The summed E-state index contributed by atoms with van der Waals surface area (Å²) < 4.78 is 13.4. The van der Waals surface area contributed by atoms with Gasteiger partial charge < -0.3 is 11.1 Å². The van der Waals surface area contributed by atoms with E-state index in [1.807, 2.05) is 0 Å². The molecular formula is C14H21FN2O. The van der Waals surface area contributed by atoms with Crippen LogP contribution >= 0.6 is 0 Å². The van der Waals surface area contributed by atoms with E-state index < -0.39 is 5.82 Å². The molecule has 0 aromatic heterocycles. The van der Waals surface area contributed by atoms with E-state index in [-0.39, 0.29) is 11.5 Å². The van der Waals surface area contributed by atoms with Crippen molar-refractivity contribution in [3.05, 3.63) is 35.6 Å². The highest BCUT2D eigenvalue weighted by molar-refractivity contribution is 5.94. The number of carbonyl (C=O) groups is 1. The topological polar surface area (TPSA) is 55.1 Å². The normalized spacial score (nSPS) is 12.2. The van der Waals surface area contributed by atoms with Crippen LogP contribution < -0.4 is 11.1 Å². The van der Waals surface area contributed by atoms with Gasteiger partial charge in [0.15, 0.2) is 0 Å². The Labute approximate surface area is 108 Å². The first-order valence-electron chi connectivity index (χ1n) is 6.41. The van der Waals surface area contributed by atoms with Gasteiger partial charge in [0, 0.05) is 6.54 Å². The van der Waals surface area contributed by atoms with Crippen LogP contribution in [0.25, 0.3) is 0 Å². The fourth-order valence-electron chi connectivity index (χ4n) is 1.97. The summed E-state index contributed by atoms with van der Waals surface area (Å²) in [6.07, 6.45) is 2.96. The summed E-state index contributed by atoms with van der Waals surface area (Å²) in [4.78, 5) is 11.8. The van der Waals surface area contributed by atoms with Gasteiger partial charge in [-0.1, -0.05) is 25.5 Å². The Morgan fingerprint density at radius 2 is 2.11 bits per heavy atom. The Morgan fingerprint density at radius 3 is 2.72 bits per heavy atom. The standard InChI is InChI=1S/C14H21FN2O/c1-2-5-11(8-9-16)10-17-14(18)12-6-3-4-7-13(12)15/h3-4,6-7,11H,2,5,8-10,16H2,1H3,(H,17,18). The minimum Gasteiger partial charge on any atom is -0.352 e. The maximum atomic E-state index is 13.4. The summed E-state index contributed by atoms with van der Waals surface area (Å²) in [5.41, 5.74) is 5.63. The van der Waals surface area contributed by atoms with Crippen LogP contribution in [0.4, 0.5) is 4.39 Å². The molecule has 0 saturated heterocycles. The van der Waals surface area contributed by atoms with Crippen LogP contribution in [0.2, 0.25) is 0 Å². The number of amides is 1. The molecule has 0 fully saturated rings. The predicted molar refractivity (Wildman–Crippen MR) is 70.8 cm³/mol. The minimum absolute atomic E-state index is 0.0977. The molecule has 0 aliphatic carbocycles. The van der Waals surface area contributed by atoms with Crippen molar-refractivity contribution >= 4 is 5.91 Å². The molecule has 1 rings (SSSR count). The van der Waals surface area contributed by atoms with Gasteiger partial charge in [-0.25, -0.2) is 4.39 Å². The highest BCUT2D eigenvalue weighted by Gasteiger charge is 2.13. The largest absolute Gasteiger partial charge is 0.352 e. The number of nitrogens with one attached hydrogen (secondary N) is 1. The smallest absolute Gasteiger partial charge is 0.254 e. The number of carbonyl (C=O) groups excluding carboxylic acids is 1. The molecule has 0 heterocycles. The zero-order chi connectivity index (χ0) is 13.4. The van der Waals surface area contributed by atoms with Gasteiger partial charge in [-0.2, -0.15) is 0 Å². The zero-order valence-electron chi connectivity index (χ0n) is 10.8. The van der Waals surface area contributed by atoms with Gasteiger partial charge in [-0.3, -0.25) is 4.79 Å². The zero-order valence-corrected chi connectivity index (χ0v) is 10.8. The number of rotatable bonds is 7. The quantitative estimate of drug-likeness (QED) is 0.782. The van der Waals surface area contributed by atoms with Crippen molar-refractivity contribution in [1.29, 1.82) is 0 Å². The second-order valence-corrected chi connectivity index (χ2v) is 4.42. The molecule has 1 aromatic carbocycles. The van der Waals surface area contributed by atoms with Crippen LogP contribution in [-0.2, 0) is 0 Å². The van der Waals surface area contributed by atoms with Gasteiger partial charge in [0.05, 0.1) is 5.56 Å². The number of halogens is 1. The number of hydrogen-bond acceptors (Lipinski definition) is 2. The molecule has 100 valence electrons. The van der Waals surface area contributed by atoms with Crippen molar-refractivity contribution in [1.82, 2.24) is 5.32 Å². The van der Waals surface area contributed by atoms with Crippen molar-refractivity contribution in [3.63, 3.8) is 0 Å². The first-order valence-corrected chi connectivity index (χ1v) is 6.41. The Balaban J connectivity index is 2.52. The first-order chi connectivity index (χ1) is 8.69. The Hall–Kier alpha value is -1.42. The van der Waals surface area contributed by atoms with Crippen LogP contribution in [0.15, 0.2) is 24.3 Å². The third-order valence-electron chi connectivity index (χ3n) is 2.94. The molecule has 0 spiro atoms. The van der Waals surface area contributed by atoms with E-state index >= 15 is 0 Å². The van der Waals surface area contributed by atoms with E-state index in [0.29, 0.717) is 19.0 Å². The SMILES string of the molecule is CCCC(CCN)CNC(=O)c1ccccc1F. The fourth-order valence-corrected chi connectivity index (χ4v) is 1.97. The second-order valence-electron chi connectivity index (χ2n) is 4.42. The van der Waals surface area contributed by atoms with Crippen LogP contribution in [0.1, 0.15) is 36.5 Å². The molecule has 0 aliphatic heterocycles. The van der Waals surface area contributed by atoms with Crippen molar-refractivity contribution < 1.29 is 9.18 Å². The van der Waals surface area contributed by atoms with Crippen molar-refractivity contribution in [2.45, 2.75) is 26.2 Å². The summed E-state index contributed by atoms with van der Waals surface area (Å²) >= 11 is 0. The Kier molecular flexibility index (Phi) is 6.36. The van der Waals surface area contributed by atoms with E-state index in [0.717, 1.165) is 19.3 Å². The minimum atomic E-state index is -0.485. The van der Waals surface area contributed by atoms with Gasteiger partial charge in [-0.15, -0.1) is 0 Å². The molecule has 3 nitrogen and oxygen atoms in total. The average Bonchev–Trinajstić information content (AvgIpc) is 2.36. The fraction of sp³-hybridized carbons (Fsp3) is 0.500. The van der Waals surface area contributed by atoms with Crippen molar-refractivity contribution in [2.24, 2.45) is 11.7 Å². The van der Waals surface area contributed by atoms with Gasteiger partial charge in [0.25, 0.3) is 5.91 Å². The third-order valence-corrected chi connectivity index (χ3v) is 2.94. The first kappa shape index (κ1) is 14.6. The molecule has 1 amide bonds. The Morgan fingerprint density at radius 1 is 1.39 bits per heavy atom. The molecule has 0 bridgehead atoms. The van der Waals surface area contributed by atoms with E-state index in [1.165, 1.54) is 12.1 Å². The number of nitrogens with two attached hydrogens (primary N) is 1. The van der Waals surface area contributed by atoms with Gasteiger partial charge in [0.1, 0.15) is 5.82 Å². The van der Waals surface area contributed by atoms with E-state index in [9.17, 15) is 9.18 Å². The maximum Gasteiger partial charge on any atom is 0.254 e. The average molecular weight is 252 g/mol. The van der Waals surface area contributed by atoms with Crippen molar-refractivity contribution in [3.8, 4) is 0 Å². The summed E-state index contributed by atoms with van der Waals surface area (Å²) in [5.74, 6) is -0.470. The van der Waals surface area contributed by atoms with Crippen LogP contribution in [0.3, 0.4) is 0 Å². The monoisotopic (exact) mass is 252 g/mol. The molecule has 0 saturated carbocycles. The molecule has 1 unspecified atom stereocenters. The molecular weight excluding hydrogens is 231 g/mol. The Bertz CT molecular complexity index is 376. The summed E-state index contributed by atoms with van der Waals surface area (Å²) in [6.45, 7) is 3.26. The van der Waals surface area contributed by atoms with Gasteiger partial charge in [0.2, 0.25) is 0 Å². The molecule has 0 radical (unpaired) electrons. The van der Waals surface area contributed by atoms with Gasteiger partial charge in [-0.05, 0) is 37.4 Å². The summed E-state index contributed by atoms with van der Waals surface area (Å²) in [7, 11) is 0. The molecule has 4 heteroatoms. The van der Waals surface area contributed by atoms with E-state index in [4.69, 9.17) is 5.73 Å². The van der Waals surface area contributed by atoms with Gasteiger partial charge >= 0.3 is 0 Å². The van der Waals surface area contributed by atoms with Crippen molar-refractivity contribution in [2.75, 3.05) is 13.1 Å². The highest BCUT2D eigenvalue weighted by Crippen LogP contribution is 2.10. The molecule has 18 heavy (non-hydrogen) atoms. The lowest BCUT2D eigenvalue weighted by Gasteiger charge is -2.16. The number of hydrogen-bond donors (Lipinski definition) is 2. The maximum absolute atomic E-state index is 13.4. The lowest BCUT2D eigenvalue weighted by molar-refractivity contribution is 0.0941. The molecule has 0 aliphatic rings. The van der Waals surface area contributed by atoms with Crippen LogP contribution in [0.5, 0.6) is 0 Å². The summed E-state index contributed by atoms with van der Waals surface area (Å²) in [6, 6.07) is 6.00. The predicted octanol–water partition coefficient (Wildman–Crippen LogP) is 2.32. The third kappa shape index (κ3) is 4.45. The number of benzene rings is 1. The molecule has 1 aromatic rings. The molecule has 3 N–H and O–H groups in total. The highest BCUT2D eigenvalue weighted by atomic mass is 19.1. The lowest BCUT2D eigenvalue weighted by atomic mass is 10.00. The van der Waals surface area contributed by atoms with E-state index in [2.05, 4.69) is 12.2 Å². The van der Waals surface area contributed by atoms with Crippen LogP contribution in [-0.4, -0.2) is 19.0 Å².